The molecule has 6 aromatic rings. The van der Waals surface area contributed by atoms with Crippen LogP contribution < -0.4 is 15.2 Å². The standard InChI is InChI=1S/C30H25N2O4P/c33-30(32-20-21-8-2-1-3-9-21)31-18-19-34-37-35-26-16-14-22-10-4-6-12-24(22)28(26)29-25-13-7-5-11-23(25)15-17-27(29)36-37/h1-17H,18-20H2,(H2,31,32,33). The maximum Gasteiger partial charge on any atom is 0.387 e. The van der Waals surface area contributed by atoms with Crippen LogP contribution in [-0.2, 0) is 6.54 Å². The van der Waals surface area contributed by atoms with Gasteiger partial charge in [0.15, 0.2) is 0 Å². The summed E-state index contributed by atoms with van der Waals surface area (Å²) in [5.41, 5.74) is 2.47. The molecule has 1 heterocycles. The minimum Gasteiger partial charge on any atom is -0.399 e. The van der Waals surface area contributed by atoms with Crippen molar-refractivity contribution in [2.75, 3.05) is 13.2 Å². The lowest BCUT2D eigenvalue weighted by molar-refractivity contribution is 0.238. The lowest BCUT2D eigenvalue weighted by Gasteiger charge is -2.07. The Kier molecular flexibility index (Phi) is 6.51. The first-order valence-corrected chi connectivity index (χ1v) is 13.2. The third-order valence-corrected chi connectivity index (χ3v) is 7.34. The summed E-state index contributed by atoms with van der Waals surface area (Å²) in [6, 6.07) is 34.1. The average molecular weight is 509 g/mol. The predicted molar refractivity (Wildman–Crippen MR) is 149 cm³/mol. The van der Waals surface area contributed by atoms with Gasteiger partial charge in [-0.1, -0.05) is 91.0 Å². The van der Waals surface area contributed by atoms with Crippen LogP contribution in [0.5, 0.6) is 0 Å². The van der Waals surface area contributed by atoms with Gasteiger partial charge in [-0.3, -0.25) is 4.52 Å². The van der Waals surface area contributed by atoms with Crippen molar-refractivity contribution in [3.63, 3.8) is 0 Å². The molecule has 6 nitrogen and oxygen atoms in total. The summed E-state index contributed by atoms with van der Waals surface area (Å²) in [7, 11) is -1.73. The molecule has 6 rings (SSSR count). The molecule has 0 aliphatic carbocycles. The zero-order chi connectivity index (χ0) is 25.0. The molecule has 2 amide bonds. The minimum atomic E-state index is -1.73. The number of nitrogens with one attached hydrogen (secondary N) is 2. The number of fused-ring (bicyclic) bond motifs is 7. The Balaban J connectivity index is 1.30. The van der Waals surface area contributed by atoms with Crippen LogP contribution in [-0.4, -0.2) is 19.2 Å². The number of hydrogen-bond donors (Lipinski definition) is 2. The highest BCUT2D eigenvalue weighted by atomic mass is 31.1. The molecule has 37 heavy (non-hydrogen) atoms. The molecular weight excluding hydrogens is 483 g/mol. The normalized spacial score (nSPS) is 11.2. The van der Waals surface area contributed by atoms with Gasteiger partial charge in [-0.15, -0.1) is 0 Å². The van der Waals surface area contributed by atoms with Crippen LogP contribution in [0.4, 0.5) is 4.79 Å². The number of amides is 2. The maximum atomic E-state index is 12.2. The summed E-state index contributed by atoms with van der Waals surface area (Å²) in [6.45, 7) is 1.03. The Labute approximate surface area is 214 Å². The summed E-state index contributed by atoms with van der Waals surface area (Å²) in [4.78, 5) is 12.2. The first-order valence-electron chi connectivity index (χ1n) is 12.1. The number of rotatable bonds is 6. The van der Waals surface area contributed by atoms with Crippen molar-refractivity contribution >= 4 is 57.8 Å². The SMILES string of the molecule is O=C(NCCOp1oc2ccc3ccccc3c2c2c(ccc3ccccc32)o1)NCc1ccccc1. The third-order valence-electron chi connectivity index (χ3n) is 6.26. The van der Waals surface area contributed by atoms with E-state index >= 15 is 0 Å². The number of carbonyl (C=O) groups excluding carboxylic acids is 1. The molecule has 0 atom stereocenters. The van der Waals surface area contributed by atoms with Gasteiger partial charge in [-0.2, -0.15) is 0 Å². The molecule has 0 aliphatic rings. The van der Waals surface area contributed by atoms with Gasteiger partial charge in [0.25, 0.3) is 0 Å². The summed E-state index contributed by atoms with van der Waals surface area (Å²) < 4.78 is 18.6. The molecule has 184 valence electrons. The molecule has 0 saturated carbocycles. The van der Waals surface area contributed by atoms with E-state index in [9.17, 15) is 4.79 Å². The predicted octanol–water partition coefficient (Wildman–Crippen LogP) is 7.52. The van der Waals surface area contributed by atoms with Crippen molar-refractivity contribution in [3.8, 4) is 0 Å². The molecule has 7 heteroatoms. The van der Waals surface area contributed by atoms with Crippen molar-refractivity contribution in [3.05, 3.63) is 109 Å². The fourth-order valence-electron chi connectivity index (χ4n) is 4.53. The molecule has 5 aromatic carbocycles. The Bertz CT molecular complexity index is 1670. The quantitative estimate of drug-likeness (QED) is 0.228. The molecule has 0 saturated heterocycles. The van der Waals surface area contributed by atoms with Crippen LogP contribution in [0, 0.1) is 0 Å². The van der Waals surface area contributed by atoms with Gasteiger partial charge in [0.2, 0.25) is 0 Å². The van der Waals surface area contributed by atoms with Crippen LogP contribution in [0.1, 0.15) is 5.56 Å². The van der Waals surface area contributed by atoms with Gasteiger partial charge in [-0.05, 0) is 39.2 Å². The molecule has 0 fully saturated rings. The fraction of sp³-hybridized carbons (Fsp3) is 0.100. The van der Waals surface area contributed by atoms with E-state index in [1.54, 1.807) is 0 Å². The fourth-order valence-corrected chi connectivity index (χ4v) is 5.54. The topological polar surface area (TPSA) is 76.6 Å². The molecule has 0 radical (unpaired) electrons. The van der Waals surface area contributed by atoms with E-state index in [4.69, 9.17) is 12.9 Å². The van der Waals surface area contributed by atoms with Crippen molar-refractivity contribution < 1.29 is 17.7 Å². The molecule has 1 aromatic heterocycles. The number of benzene rings is 5. The van der Waals surface area contributed by atoms with Crippen LogP contribution in [0.3, 0.4) is 0 Å². The van der Waals surface area contributed by atoms with E-state index in [0.717, 1.165) is 37.9 Å². The van der Waals surface area contributed by atoms with Crippen LogP contribution >= 0.6 is 8.24 Å². The van der Waals surface area contributed by atoms with Gasteiger partial charge in [0.1, 0.15) is 11.2 Å². The highest BCUT2D eigenvalue weighted by Crippen LogP contribution is 2.40. The van der Waals surface area contributed by atoms with E-state index in [2.05, 4.69) is 47.0 Å². The third kappa shape index (κ3) is 4.90. The molecule has 2 N–H and O–H groups in total. The smallest absolute Gasteiger partial charge is 0.387 e. The van der Waals surface area contributed by atoms with E-state index in [-0.39, 0.29) is 12.6 Å². The van der Waals surface area contributed by atoms with Crippen LogP contribution in [0.15, 0.2) is 112 Å². The Morgan fingerprint density at radius 3 is 1.86 bits per heavy atom. The highest BCUT2D eigenvalue weighted by Gasteiger charge is 2.13. The molecule has 0 bridgehead atoms. The number of urea groups is 1. The monoisotopic (exact) mass is 508 g/mol. The van der Waals surface area contributed by atoms with E-state index in [1.807, 2.05) is 66.7 Å². The first-order chi connectivity index (χ1) is 18.3. The highest BCUT2D eigenvalue weighted by molar-refractivity contribution is 7.31. The van der Waals surface area contributed by atoms with Gasteiger partial charge < -0.3 is 19.0 Å². The van der Waals surface area contributed by atoms with Crippen LogP contribution in [0.25, 0.3) is 43.5 Å². The van der Waals surface area contributed by atoms with E-state index in [0.29, 0.717) is 24.3 Å². The second-order valence-corrected chi connectivity index (χ2v) is 9.72. The number of hydrogen-bond acceptors (Lipinski definition) is 4. The van der Waals surface area contributed by atoms with E-state index < -0.39 is 8.24 Å². The van der Waals surface area contributed by atoms with Crippen molar-refractivity contribution in [2.45, 2.75) is 6.54 Å². The maximum absolute atomic E-state index is 12.2. The summed E-state index contributed by atoms with van der Waals surface area (Å²) in [5.74, 6) is 0. The molecule has 0 spiro atoms. The van der Waals surface area contributed by atoms with Crippen molar-refractivity contribution in [1.82, 2.24) is 10.6 Å². The van der Waals surface area contributed by atoms with Crippen molar-refractivity contribution in [1.29, 1.82) is 0 Å². The zero-order valence-corrected chi connectivity index (χ0v) is 20.9. The molecular formula is C30H25N2O4P. The lowest BCUT2D eigenvalue weighted by atomic mass is 9.99. The van der Waals surface area contributed by atoms with Gasteiger partial charge in [0, 0.05) is 23.9 Å². The lowest BCUT2D eigenvalue weighted by Crippen LogP contribution is -2.37. The molecule has 0 aliphatic heterocycles. The number of carbonyl (C=O) groups is 1. The second kappa shape index (κ2) is 10.4. The van der Waals surface area contributed by atoms with Crippen LogP contribution in [0.2, 0.25) is 0 Å². The van der Waals surface area contributed by atoms with Crippen molar-refractivity contribution in [2.24, 2.45) is 0 Å². The van der Waals surface area contributed by atoms with Gasteiger partial charge in [0.05, 0.1) is 6.61 Å². The second-order valence-electron chi connectivity index (χ2n) is 8.65. The largest absolute Gasteiger partial charge is 0.399 e. The average Bonchev–Trinajstić information content (AvgIpc) is 3.11. The summed E-state index contributed by atoms with van der Waals surface area (Å²) in [5, 5.41) is 12.1. The zero-order valence-electron chi connectivity index (χ0n) is 20.0. The van der Waals surface area contributed by atoms with Gasteiger partial charge in [-0.25, -0.2) is 4.79 Å². The first kappa shape index (κ1) is 23.2. The van der Waals surface area contributed by atoms with E-state index in [1.165, 1.54) is 0 Å². The Morgan fingerprint density at radius 2 is 1.24 bits per heavy atom. The molecule has 0 unspecified atom stereocenters. The Morgan fingerprint density at radius 1 is 0.676 bits per heavy atom. The summed E-state index contributed by atoms with van der Waals surface area (Å²) >= 11 is 0. The van der Waals surface area contributed by atoms with Gasteiger partial charge >= 0.3 is 14.3 Å². The Hall–Kier alpha value is -4.25. The summed E-state index contributed by atoms with van der Waals surface area (Å²) in [6.07, 6.45) is 0. The minimum absolute atomic E-state index is 0.246.